The summed E-state index contributed by atoms with van der Waals surface area (Å²) in [5.74, 6) is 0. The van der Waals surface area contributed by atoms with Crippen LogP contribution in [0.25, 0.3) is 0 Å². The van der Waals surface area contributed by atoms with Gasteiger partial charge in [0.15, 0.2) is 5.15 Å². The van der Waals surface area contributed by atoms with Gasteiger partial charge in [0.05, 0.1) is 6.21 Å². The lowest BCUT2D eigenvalue weighted by atomic mass is 10.2. The summed E-state index contributed by atoms with van der Waals surface area (Å²) in [6, 6.07) is 9.17. The van der Waals surface area contributed by atoms with Gasteiger partial charge in [-0.25, -0.2) is 0 Å². The second-order valence-corrected chi connectivity index (χ2v) is 4.78. The molecule has 1 aromatic heterocycles. The van der Waals surface area contributed by atoms with Crippen LogP contribution < -0.4 is 5.43 Å². The van der Waals surface area contributed by atoms with Gasteiger partial charge >= 0.3 is 0 Å². The van der Waals surface area contributed by atoms with Crippen LogP contribution in [-0.2, 0) is 0 Å². The molecular weight excluding hydrogens is 291 g/mol. The van der Waals surface area contributed by atoms with Crippen molar-refractivity contribution in [2.24, 2.45) is 5.10 Å². The summed E-state index contributed by atoms with van der Waals surface area (Å²) in [6.45, 7) is 0. The summed E-state index contributed by atoms with van der Waals surface area (Å²) in [5.41, 5.74) is 3.92. The van der Waals surface area contributed by atoms with Crippen molar-refractivity contribution in [2.45, 2.75) is 0 Å². The molecule has 0 aliphatic heterocycles. The summed E-state index contributed by atoms with van der Waals surface area (Å²) in [6.07, 6.45) is 1.62. The average molecular weight is 297 g/mol. The minimum Gasteiger partial charge on any atom is -0.266 e. The van der Waals surface area contributed by atoms with Gasteiger partial charge in [0.25, 0.3) is 0 Å². The molecule has 0 saturated carbocycles. The second kappa shape index (κ2) is 5.83. The summed E-state index contributed by atoms with van der Waals surface area (Å²) >= 11 is 12.6. The van der Waals surface area contributed by atoms with E-state index in [0.29, 0.717) is 15.6 Å². The zero-order chi connectivity index (χ0) is 13.0. The number of nitrogens with zero attached hydrogens (tertiary/aromatic N) is 3. The highest BCUT2D eigenvalue weighted by Crippen LogP contribution is 2.27. The Morgan fingerprint density at radius 3 is 2.72 bits per heavy atom. The van der Waals surface area contributed by atoms with Gasteiger partial charge in [-0.2, -0.15) is 14.7 Å². The normalized spacial score (nSPS) is 10.5. The SMILES string of the molecule is N#Cc1c(Cl)nsc1NN=Cc1ccc(Cl)cc1. The topological polar surface area (TPSA) is 61.1 Å². The first kappa shape index (κ1) is 12.8. The first-order valence-electron chi connectivity index (χ1n) is 4.80. The van der Waals surface area contributed by atoms with Gasteiger partial charge in [-0.3, -0.25) is 5.43 Å². The van der Waals surface area contributed by atoms with Crippen LogP contribution in [0.15, 0.2) is 29.4 Å². The van der Waals surface area contributed by atoms with Crippen molar-refractivity contribution >= 4 is 46.0 Å². The molecule has 90 valence electrons. The van der Waals surface area contributed by atoms with Crippen LogP contribution in [0.4, 0.5) is 5.00 Å². The van der Waals surface area contributed by atoms with Gasteiger partial charge in [0.1, 0.15) is 16.6 Å². The number of aromatic nitrogens is 1. The molecule has 2 rings (SSSR count). The molecule has 0 unspecified atom stereocenters. The number of anilines is 1. The lowest BCUT2D eigenvalue weighted by Gasteiger charge is -1.95. The van der Waals surface area contributed by atoms with E-state index in [-0.39, 0.29) is 5.15 Å². The van der Waals surface area contributed by atoms with Gasteiger partial charge in [0, 0.05) is 5.02 Å². The van der Waals surface area contributed by atoms with E-state index < -0.39 is 0 Å². The molecule has 4 nitrogen and oxygen atoms in total. The van der Waals surface area contributed by atoms with E-state index in [9.17, 15) is 0 Å². The Bertz CT molecular complexity index is 613. The van der Waals surface area contributed by atoms with Crippen LogP contribution in [0.3, 0.4) is 0 Å². The van der Waals surface area contributed by atoms with Crippen molar-refractivity contribution in [1.29, 1.82) is 5.26 Å². The molecule has 0 bridgehead atoms. The smallest absolute Gasteiger partial charge is 0.162 e. The zero-order valence-corrected chi connectivity index (χ0v) is 11.2. The van der Waals surface area contributed by atoms with Crippen molar-refractivity contribution in [3.63, 3.8) is 0 Å². The third-order valence-electron chi connectivity index (χ3n) is 2.01. The predicted octanol–water partition coefficient (Wildman–Crippen LogP) is 3.77. The monoisotopic (exact) mass is 296 g/mol. The summed E-state index contributed by atoms with van der Waals surface area (Å²) < 4.78 is 3.86. The Kier molecular flexibility index (Phi) is 4.15. The van der Waals surface area contributed by atoms with Crippen LogP contribution in [0, 0.1) is 11.3 Å². The minimum atomic E-state index is 0.187. The van der Waals surface area contributed by atoms with Gasteiger partial charge in [-0.05, 0) is 29.2 Å². The highest BCUT2D eigenvalue weighted by atomic mass is 35.5. The van der Waals surface area contributed by atoms with Crippen LogP contribution in [-0.4, -0.2) is 10.6 Å². The van der Waals surface area contributed by atoms with E-state index >= 15 is 0 Å². The number of nitrogens with one attached hydrogen (secondary N) is 1. The molecule has 0 aliphatic carbocycles. The zero-order valence-electron chi connectivity index (χ0n) is 8.89. The Morgan fingerprint density at radius 1 is 1.33 bits per heavy atom. The Labute approximate surface area is 118 Å². The minimum absolute atomic E-state index is 0.187. The quantitative estimate of drug-likeness (QED) is 0.693. The second-order valence-electron chi connectivity index (χ2n) is 3.21. The largest absolute Gasteiger partial charge is 0.266 e. The number of benzene rings is 1. The van der Waals surface area contributed by atoms with E-state index in [1.807, 2.05) is 18.2 Å². The molecule has 1 heterocycles. The number of hydrogen-bond acceptors (Lipinski definition) is 5. The molecule has 0 spiro atoms. The molecule has 7 heteroatoms. The number of hydrogen-bond donors (Lipinski definition) is 1. The molecule has 0 aliphatic rings. The Balaban J connectivity index is 2.07. The Hall–Kier alpha value is -1.61. The first-order valence-corrected chi connectivity index (χ1v) is 6.33. The van der Waals surface area contributed by atoms with E-state index in [1.165, 1.54) is 0 Å². The fourth-order valence-electron chi connectivity index (χ4n) is 1.16. The van der Waals surface area contributed by atoms with Crippen molar-refractivity contribution < 1.29 is 0 Å². The number of nitriles is 1. The molecule has 18 heavy (non-hydrogen) atoms. The molecule has 0 saturated heterocycles. The van der Waals surface area contributed by atoms with Gasteiger partial charge in [-0.1, -0.05) is 35.3 Å². The number of rotatable bonds is 3. The lowest BCUT2D eigenvalue weighted by Crippen LogP contribution is -1.90. The van der Waals surface area contributed by atoms with Crippen molar-refractivity contribution in [1.82, 2.24) is 4.37 Å². The third-order valence-corrected chi connectivity index (χ3v) is 3.39. The highest BCUT2D eigenvalue weighted by molar-refractivity contribution is 7.10. The molecule has 2 aromatic rings. The maximum atomic E-state index is 8.86. The maximum Gasteiger partial charge on any atom is 0.162 e. The molecule has 1 aromatic carbocycles. The molecule has 0 radical (unpaired) electrons. The Morgan fingerprint density at radius 2 is 2.06 bits per heavy atom. The van der Waals surface area contributed by atoms with Gasteiger partial charge in [-0.15, -0.1) is 0 Å². The molecule has 0 atom stereocenters. The van der Waals surface area contributed by atoms with Crippen molar-refractivity contribution in [3.8, 4) is 6.07 Å². The van der Waals surface area contributed by atoms with Crippen molar-refractivity contribution in [3.05, 3.63) is 45.6 Å². The predicted molar refractivity (Wildman–Crippen MR) is 74.5 cm³/mol. The van der Waals surface area contributed by atoms with Crippen LogP contribution in [0.5, 0.6) is 0 Å². The maximum absolute atomic E-state index is 8.86. The van der Waals surface area contributed by atoms with Gasteiger partial charge < -0.3 is 0 Å². The fourth-order valence-corrected chi connectivity index (χ4v) is 2.17. The third kappa shape index (κ3) is 2.99. The highest BCUT2D eigenvalue weighted by Gasteiger charge is 2.10. The van der Waals surface area contributed by atoms with Crippen LogP contribution in [0.1, 0.15) is 11.1 Å². The van der Waals surface area contributed by atoms with Crippen LogP contribution in [0.2, 0.25) is 10.2 Å². The summed E-state index contributed by atoms with van der Waals surface area (Å²) in [5, 5.41) is 14.2. The summed E-state index contributed by atoms with van der Waals surface area (Å²) in [7, 11) is 0. The van der Waals surface area contributed by atoms with Gasteiger partial charge in [0.2, 0.25) is 0 Å². The molecule has 0 amide bonds. The fraction of sp³-hybridized carbons (Fsp3) is 0. The lowest BCUT2D eigenvalue weighted by molar-refractivity contribution is 1.37. The molecule has 1 N–H and O–H groups in total. The van der Waals surface area contributed by atoms with E-state index in [2.05, 4.69) is 14.9 Å². The molecule has 0 fully saturated rings. The van der Waals surface area contributed by atoms with E-state index in [1.54, 1.807) is 18.3 Å². The first-order chi connectivity index (χ1) is 8.70. The van der Waals surface area contributed by atoms with Crippen LogP contribution >= 0.6 is 34.7 Å². The van der Waals surface area contributed by atoms with E-state index in [0.717, 1.165) is 17.1 Å². The molecular formula is C11H6Cl2N4S. The average Bonchev–Trinajstić information content (AvgIpc) is 2.72. The van der Waals surface area contributed by atoms with E-state index in [4.69, 9.17) is 28.5 Å². The summed E-state index contributed by atoms with van der Waals surface area (Å²) in [4.78, 5) is 0. The standard InChI is InChI=1S/C11H6Cl2N4S/c12-8-3-1-7(2-4-8)6-15-16-11-9(5-14)10(13)17-18-11/h1-4,6,16H. The number of hydrazone groups is 1. The number of halogens is 2. The van der Waals surface area contributed by atoms with Crippen molar-refractivity contribution in [2.75, 3.05) is 5.43 Å².